The van der Waals surface area contributed by atoms with Crippen LogP contribution in [-0.4, -0.2) is 25.1 Å². The molecule has 2 heterocycles. The first kappa shape index (κ1) is 21.6. The molecule has 1 aromatic carbocycles. The summed E-state index contributed by atoms with van der Waals surface area (Å²) >= 11 is 1.29. The summed E-state index contributed by atoms with van der Waals surface area (Å²) in [6, 6.07) is 7.97. The maximum absolute atomic E-state index is 12.4. The second-order valence-corrected chi connectivity index (χ2v) is 7.95. The highest BCUT2D eigenvalue weighted by Crippen LogP contribution is 2.31. The van der Waals surface area contributed by atoms with Gasteiger partial charge in [-0.15, -0.1) is 11.3 Å². The SMILES string of the molecule is CCOC(=O)c1c(CC(C)C)csc1NC(=O)COc1ccc2ccc(=O)oc2c1. The van der Waals surface area contributed by atoms with Gasteiger partial charge >= 0.3 is 11.6 Å². The van der Waals surface area contributed by atoms with E-state index in [4.69, 9.17) is 13.9 Å². The Hall–Kier alpha value is -3.13. The molecule has 158 valence electrons. The predicted octanol–water partition coefficient (Wildman–Crippen LogP) is 4.25. The molecule has 0 bridgehead atoms. The number of nitrogens with one attached hydrogen (secondary N) is 1. The fourth-order valence-electron chi connectivity index (χ4n) is 2.95. The lowest BCUT2D eigenvalue weighted by molar-refractivity contribution is -0.118. The molecule has 1 amide bonds. The van der Waals surface area contributed by atoms with Gasteiger partial charge in [0.1, 0.15) is 16.3 Å². The molecule has 0 spiro atoms. The van der Waals surface area contributed by atoms with Crippen LogP contribution in [0.3, 0.4) is 0 Å². The molecule has 3 aromatic rings. The normalized spacial score (nSPS) is 10.9. The number of hydrogen-bond acceptors (Lipinski definition) is 7. The van der Waals surface area contributed by atoms with Gasteiger partial charge in [-0.05, 0) is 48.4 Å². The summed E-state index contributed by atoms with van der Waals surface area (Å²) in [7, 11) is 0. The smallest absolute Gasteiger partial charge is 0.341 e. The van der Waals surface area contributed by atoms with E-state index >= 15 is 0 Å². The van der Waals surface area contributed by atoms with Gasteiger partial charge in [0.15, 0.2) is 6.61 Å². The van der Waals surface area contributed by atoms with Crippen LogP contribution in [0, 0.1) is 5.92 Å². The van der Waals surface area contributed by atoms with Crippen molar-refractivity contribution in [3.05, 3.63) is 57.3 Å². The summed E-state index contributed by atoms with van der Waals surface area (Å²) in [6.45, 7) is 5.85. The molecule has 0 saturated carbocycles. The lowest BCUT2D eigenvalue weighted by Gasteiger charge is -2.10. The van der Waals surface area contributed by atoms with Crippen LogP contribution in [0.4, 0.5) is 5.00 Å². The lowest BCUT2D eigenvalue weighted by atomic mass is 10.0. The number of hydrogen-bond donors (Lipinski definition) is 1. The Morgan fingerprint density at radius 3 is 2.70 bits per heavy atom. The van der Waals surface area contributed by atoms with Crippen molar-refractivity contribution in [2.24, 2.45) is 5.92 Å². The van der Waals surface area contributed by atoms with Crippen LogP contribution in [0.2, 0.25) is 0 Å². The van der Waals surface area contributed by atoms with Crippen LogP contribution < -0.4 is 15.7 Å². The molecule has 3 rings (SSSR count). The second kappa shape index (κ2) is 9.58. The van der Waals surface area contributed by atoms with Gasteiger partial charge in [-0.2, -0.15) is 0 Å². The average Bonchev–Trinajstić information content (AvgIpc) is 3.07. The fraction of sp³-hybridized carbons (Fsp3) is 0.318. The third-order valence-electron chi connectivity index (χ3n) is 4.19. The number of benzene rings is 1. The number of thiophene rings is 1. The second-order valence-electron chi connectivity index (χ2n) is 7.07. The number of ether oxygens (including phenoxy) is 2. The molecule has 0 unspecified atom stereocenters. The van der Waals surface area contributed by atoms with Crippen molar-refractivity contribution in [3.63, 3.8) is 0 Å². The first-order chi connectivity index (χ1) is 14.4. The molecule has 1 N–H and O–H groups in total. The Balaban J connectivity index is 1.70. The van der Waals surface area contributed by atoms with Crippen LogP contribution in [0.25, 0.3) is 11.0 Å². The molecule has 2 aromatic heterocycles. The minimum Gasteiger partial charge on any atom is -0.484 e. The molecule has 7 nitrogen and oxygen atoms in total. The van der Waals surface area contributed by atoms with E-state index < -0.39 is 17.5 Å². The number of anilines is 1. The van der Waals surface area contributed by atoms with Gasteiger partial charge in [-0.25, -0.2) is 9.59 Å². The van der Waals surface area contributed by atoms with Gasteiger partial charge in [0.2, 0.25) is 0 Å². The summed E-state index contributed by atoms with van der Waals surface area (Å²) < 4.78 is 15.8. The summed E-state index contributed by atoms with van der Waals surface area (Å²) in [6.07, 6.45) is 0.708. The third kappa shape index (κ3) is 5.27. The van der Waals surface area contributed by atoms with Crippen molar-refractivity contribution < 1.29 is 23.5 Å². The Kier molecular flexibility index (Phi) is 6.89. The van der Waals surface area contributed by atoms with E-state index in [0.717, 1.165) is 10.9 Å². The zero-order valence-electron chi connectivity index (χ0n) is 17.0. The van der Waals surface area contributed by atoms with Crippen LogP contribution in [0.1, 0.15) is 36.7 Å². The highest BCUT2D eigenvalue weighted by Gasteiger charge is 2.22. The highest BCUT2D eigenvalue weighted by atomic mass is 32.1. The fourth-order valence-corrected chi connectivity index (χ4v) is 3.92. The lowest BCUT2D eigenvalue weighted by Crippen LogP contribution is -2.21. The van der Waals surface area contributed by atoms with E-state index in [9.17, 15) is 14.4 Å². The molecule has 0 atom stereocenters. The number of carbonyl (C=O) groups excluding carboxylic acids is 2. The molecular weight excluding hydrogens is 406 g/mol. The van der Waals surface area contributed by atoms with Gasteiger partial charge in [-0.3, -0.25) is 4.79 Å². The van der Waals surface area contributed by atoms with Crippen LogP contribution in [-0.2, 0) is 16.0 Å². The van der Waals surface area contributed by atoms with Crippen molar-refractivity contribution in [1.82, 2.24) is 0 Å². The van der Waals surface area contributed by atoms with E-state index in [1.807, 2.05) is 5.38 Å². The zero-order valence-corrected chi connectivity index (χ0v) is 17.8. The Bertz CT molecular complexity index is 1110. The highest BCUT2D eigenvalue weighted by molar-refractivity contribution is 7.15. The first-order valence-corrected chi connectivity index (χ1v) is 10.5. The minimum absolute atomic E-state index is 0.254. The van der Waals surface area contributed by atoms with E-state index in [2.05, 4.69) is 19.2 Å². The number of fused-ring (bicyclic) bond motifs is 1. The van der Waals surface area contributed by atoms with Crippen LogP contribution in [0.15, 0.2) is 44.9 Å². The monoisotopic (exact) mass is 429 g/mol. The molecule has 30 heavy (non-hydrogen) atoms. The molecule has 8 heteroatoms. The third-order valence-corrected chi connectivity index (χ3v) is 5.14. The van der Waals surface area contributed by atoms with Gasteiger partial charge in [0.25, 0.3) is 5.91 Å². The van der Waals surface area contributed by atoms with Crippen LogP contribution >= 0.6 is 11.3 Å². The van der Waals surface area contributed by atoms with Gasteiger partial charge in [0.05, 0.1) is 12.2 Å². The maximum atomic E-state index is 12.4. The van der Waals surface area contributed by atoms with E-state index in [-0.39, 0.29) is 13.2 Å². The van der Waals surface area contributed by atoms with Gasteiger partial charge in [0, 0.05) is 17.5 Å². The topological polar surface area (TPSA) is 94.8 Å². The molecule has 0 radical (unpaired) electrons. The van der Waals surface area contributed by atoms with Gasteiger partial charge in [-0.1, -0.05) is 13.8 Å². The van der Waals surface area contributed by atoms with E-state index in [1.54, 1.807) is 31.2 Å². The zero-order chi connectivity index (χ0) is 21.7. The standard InChI is InChI=1S/C22H23NO6S/c1-4-27-22(26)20-15(9-13(2)3)12-30-21(20)23-18(24)11-28-16-7-5-14-6-8-19(25)29-17(14)10-16/h5-8,10,12-13H,4,9,11H2,1-3H3,(H,23,24). The van der Waals surface area contributed by atoms with Crippen molar-refractivity contribution in [1.29, 1.82) is 0 Å². The molecule has 0 saturated heterocycles. The van der Waals surface area contributed by atoms with Crippen molar-refractivity contribution >= 4 is 39.2 Å². The van der Waals surface area contributed by atoms with Crippen molar-refractivity contribution in [3.8, 4) is 5.75 Å². The molecule has 0 fully saturated rings. The summed E-state index contributed by atoms with van der Waals surface area (Å²) in [5, 5.41) is 5.81. The minimum atomic E-state index is -0.459. The number of esters is 1. The van der Waals surface area contributed by atoms with E-state index in [1.165, 1.54) is 17.4 Å². The number of carbonyl (C=O) groups is 2. The molecule has 0 aliphatic rings. The van der Waals surface area contributed by atoms with Crippen LogP contribution in [0.5, 0.6) is 5.75 Å². The Labute approximate surface area is 177 Å². The largest absolute Gasteiger partial charge is 0.484 e. The summed E-state index contributed by atoms with van der Waals surface area (Å²) in [4.78, 5) is 36.2. The maximum Gasteiger partial charge on any atom is 0.341 e. The summed E-state index contributed by atoms with van der Waals surface area (Å²) in [5.41, 5.74) is 1.17. The van der Waals surface area contributed by atoms with Crippen molar-refractivity contribution in [2.45, 2.75) is 27.2 Å². The number of amides is 1. The molecule has 0 aliphatic heterocycles. The van der Waals surface area contributed by atoms with Gasteiger partial charge < -0.3 is 19.2 Å². The average molecular weight is 429 g/mol. The first-order valence-electron chi connectivity index (χ1n) is 9.61. The van der Waals surface area contributed by atoms with E-state index in [0.29, 0.717) is 34.2 Å². The predicted molar refractivity (Wildman–Crippen MR) is 115 cm³/mol. The number of rotatable bonds is 8. The Morgan fingerprint density at radius 2 is 1.97 bits per heavy atom. The van der Waals surface area contributed by atoms with Crippen molar-refractivity contribution in [2.75, 3.05) is 18.5 Å². The molecule has 0 aliphatic carbocycles. The quantitative estimate of drug-likeness (QED) is 0.425. The molecular formula is C22H23NO6S. The summed E-state index contributed by atoms with van der Waals surface area (Å²) in [5.74, 6) is -0.111. The Morgan fingerprint density at radius 1 is 1.20 bits per heavy atom.